The van der Waals surface area contributed by atoms with E-state index in [1.807, 2.05) is 0 Å². The molecule has 0 radical (unpaired) electrons. The Balaban J connectivity index is 2.02. The van der Waals surface area contributed by atoms with Gasteiger partial charge < -0.3 is 9.64 Å². The number of benzene rings is 1. The highest BCUT2D eigenvalue weighted by Gasteiger charge is 2.38. The zero-order chi connectivity index (χ0) is 16.7. The summed E-state index contributed by atoms with van der Waals surface area (Å²) in [6.07, 6.45) is 2.98. The topological polar surface area (TPSA) is 46.6 Å². The van der Waals surface area contributed by atoms with Gasteiger partial charge in [-0.25, -0.2) is 4.79 Å². The SMILES string of the molecule is CCOC(=O)C1=CN2C(C)Cc3cc(C)c(C)cc3C2CC1=O. The molecule has 3 rings (SSSR count). The number of ketones is 1. The van der Waals surface area contributed by atoms with Gasteiger partial charge in [0, 0.05) is 18.7 Å². The zero-order valence-electron chi connectivity index (χ0n) is 14.2. The Labute approximate surface area is 137 Å². The highest BCUT2D eigenvalue weighted by atomic mass is 16.5. The highest BCUT2D eigenvalue weighted by Crippen LogP contribution is 2.40. The lowest BCUT2D eigenvalue weighted by molar-refractivity contribution is -0.140. The van der Waals surface area contributed by atoms with Gasteiger partial charge in [0.2, 0.25) is 0 Å². The molecule has 122 valence electrons. The number of ether oxygens (including phenoxy) is 1. The maximum Gasteiger partial charge on any atom is 0.343 e. The van der Waals surface area contributed by atoms with Crippen molar-refractivity contribution in [2.45, 2.75) is 52.6 Å². The average Bonchev–Trinajstić information content (AvgIpc) is 2.49. The van der Waals surface area contributed by atoms with Crippen molar-refractivity contribution in [1.29, 1.82) is 0 Å². The molecule has 4 heteroatoms. The summed E-state index contributed by atoms with van der Waals surface area (Å²) in [7, 11) is 0. The molecule has 0 saturated heterocycles. The molecule has 0 bridgehead atoms. The molecule has 23 heavy (non-hydrogen) atoms. The number of rotatable bonds is 2. The predicted molar refractivity (Wildman–Crippen MR) is 88.0 cm³/mol. The second-order valence-electron chi connectivity index (χ2n) is 6.54. The first-order chi connectivity index (χ1) is 10.9. The van der Waals surface area contributed by atoms with E-state index in [1.165, 1.54) is 22.3 Å². The van der Waals surface area contributed by atoms with E-state index in [2.05, 4.69) is 37.8 Å². The lowest BCUT2D eigenvalue weighted by atomic mass is 9.82. The molecule has 0 aromatic heterocycles. The number of carbonyl (C=O) groups is 2. The van der Waals surface area contributed by atoms with E-state index >= 15 is 0 Å². The number of hydrogen-bond acceptors (Lipinski definition) is 4. The van der Waals surface area contributed by atoms with Crippen molar-refractivity contribution in [3.63, 3.8) is 0 Å². The second-order valence-corrected chi connectivity index (χ2v) is 6.54. The summed E-state index contributed by atoms with van der Waals surface area (Å²) in [5.74, 6) is -0.628. The molecule has 4 nitrogen and oxygen atoms in total. The quantitative estimate of drug-likeness (QED) is 0.622. The van der Waals surface area contributed by atoms with Crippen LogP contribution in [0.15, 0.2) is 23.9 Å². The lowest BCUT2D eigenvalue weighted by Gasteiger charge is -2.44. The number of fused-ring (bicyclic) bond motifs is 3. The molecule has 0 amide bonds. The van der Waals surface area contributed by atoms with Gasteiger partial charge in [-0.05, 0) is 56.4 Å². The molecule has 1 aromatic carbocycles. The molecule has 0 fully saturated rings. The van der Waals surface area contributed by atoms with E-state index in [0.29, 0.717) is 6.42 Å². The third-order valence-electron chi connectivity index (χ3n) is 4.95. The molecule has 0 spiro atoms. The van der Waals surface area contributed by atoms with Crippen LogP contribution in [-0.2, 0) is 20.7 Å². The summed E-state index contributed by atoms with van der Waals surface area (Å²) in [5, 5.41) is 0. The summed E-state index contributed by atoms with van der Waals surface area (Å²) in [5.41, 5.74) is 5.25. The Kier molecular flexibility index (Phi) is 4.00. The molecule has 2 unspecified atom stereocenters. The van der Waals surface area contributed by atoms with Crippen molar-refractivity contribution in [3.8, 4) is 0 Å². The van der Waals surface area contributed by atoms with Gasteiger partial charge in [0.05, 0.1) is 12.6 Å². The van der Waals surface area contributed by atoms with Crippen molar-refractivity contribution in [2.24, 2.45) is 0 Å². The Morgan fingerprint density at radius 1 is 1.26 bits per heavy atom. The zero-order valence-corrected chi connectivity index (χ0v) is 14.2. The van der Waals surface area contributed by atoms with Gasteiger partial charge in [-0.1, -0.05) is 12.1 Å². The van der Waals surface area contributed by atoms with Gasteiger partial charge in [-0.15, -0.1) is 0 Å². The largest absolute Gasteiger partial charge is 0.462 e. The van der Waals surface area contributed by atoms with E-state index in [4.69, 9.17) is 4.74 Å². The number of Topliss-reactive ketones (excluding diaryl/α,β-unsaturated/α-hetero) is 1. The maximum absolute atomic E-state index is 12.4. The van der Waals surface area contributed by atoms with E-state index < -0.39 is 5.97 Å². The van der Waals surface area contributed by atoms with Gasteiger partial charge in [0.15, 0.2) is 5.78 Å². The number of esters is 1. The minimum Gasteiger partial charge on any atom is -0.462 e. The fraction of sp³-hybridized carbons (Fsp3) is 0.474. The number of hydrogen-bond donors (Lipinski definition) is 0. The molecule has 2 aliphatic heterocycles. The summed E-state index contributed by atoms with van der Waals surface area (Å²) >= 11 is 0. The van der Waals surface area contributed by atoms with Crippen LogP contribution in [0.5, 0.6) is 0 Å². The smallest absolute Gasteiger partial charge is 0.343 e. The van der Waals surface area contributed by atoms with E-state index in [-0.39, 0.29) is 30.0 Å². The van der Waals surface area contributed by atoms with Crippen LogP contribution >= 0.6 is 0 Å². The minimum absolute atomic E-state index is 0.0266. The van der Waals surface area contributed by atoms with Crippen LogP contribution in [0.1, 0.15) is 48.6 Å². The fourth-order valence-electron chi connectivity index (χ4n) is 3.59. The standard InChI is InChI=1S/C19H23NO3/c1-5-23-19(22)16-10-20-13(4)8-14-6-11(2)12(3)7-15(14)17(20)9-18(16)21/h6-7,10,13,17H,5,8-9H2,1-4H3. The molecule has 0 N–H and O–H groups in total. The van der Waals surface area contributed by atoms with Crippen LogP contribution in [0.4, 0.5) is 0 Å². The van der Waals surface area contributed by atoms with Crippen LogP contribution in [0.2, 0.25) is 0 Å². The third kappa shape index (κ3) is 2.67. The van der Waals surface area contributed by atoms with Crippen LogP contribution < -0.4 is 0 Å². The number of carbonyl (C=O) groups excluding carboxylic acids is 2. The minimum atomic E-state index is -0.506. The number of aryl methyl sites for hydroxylation is 2. The molecular weight excluding hydrogens is 290 g/mol. The maximum atomic E-state index is 12.4. The highest BCUT2D eigenvalue weighted by molar-refractivity contribution is 6.17. The summed E-state index contributed by atoms with van der Waals surface area (Å²) in [6.45, 7) is 8.39. The Hall–Kier alpha value is -2.10. The molecule has 0 saturated carbocycles. The second kappa shape index (κ2) is 5.84. The lowest BCUT2D eigenvalue weighted by Crippen LogP contribution is -2.43. The Morgan fingerprint density at radius 3 is 2.65 bits per heavy atom. The normalized spacial score (nSPS) is 23.0. The first-order valence-corrected chi connectivity index (χ1v) is 8.22. The van der Waals surface area contributed by atoms with E-state index in [0.717, 1.165) is 6.42 Å². The van der Waals surface area contributed by atoms with Gasteiger partial charge >= 0.3 is 5.97 Å². The average molecular weight is 313 g/mol. The van der Waals surface area contributed by atoms with Gasteiger partial charge in [-0.3, -0.25) is 4.79 Å². The van der Waals surface area contributed by atoms with Crippen molar-refractivity contribution < 1.29 is 14.3 Å². The molecule has 2 aliphatic rings. The number of nitrogens with zero attached hydrogens (tertiary/aromatic N) is 1. The Morgan fingerprint density at radius 2 is 1.96 bits per heavy atom. The monoisotopic (exact) mass is 313 g/mol. The first-order valence-electron chi connectivity index (χ1n) is 8.22. The van der Waals surface area contributed by atoms with Crippen LogP contribution in [0.25, 0.3) is 0 Å². The molecular formula is C19H23NO3. The first kappa shape index (κ1) is 15.8. The molecule has 1 aromatic rings. The van der Waals surface area contributed by atoms with Gasteiger partial charge in [-0.2, -0.15) is 0 Å². The summed E-state index contributed by atoms with van der Waals surface area (Å²) in [4.78, 5) is 26.6. The van der Waals surface area contributed by atoms with Crippen molar-refractivity contribution in [1.82, 2.24) is 4.90 Å². The predicted octanol–water partition coefficient (Wildman–Crippen LogP) is 3.01. The van der Waals surface area contributed by atoms with Crippen molar-refractivity contribution >= 4 is 11.8 Å². The van der Waals surface area contributed by atoms with E-state index in [9.17, 15) is 9.59 Å². The summed E-state index contributed by atoms with van der Waals surface area (Å²) in [6, 6.07) is 4.73. The molecule has 0 aliphatic carbocycles. The molecule has 2 heterocycles. The van der Waals surface area contributed by atoms with Crippen LogP contribution in [0, 0.1) is 13.8 Å². The molecule has 2 atom stereocenters. The summed E-state index contributed by atoms with van der Waals surface area (Å²) < 4.78 is 5.02. The van der Waals surface area contributed by atoms with Crippen molar-refractivity contribution in [2.75, 3.05) is 6.61 Å². The fourth-order valence-corrected chi connectivity index (χ4v) is 3.59. The van der Waals surface area contributed by atoms with Crippen molar-refractivity contribution in [3.05, 3.63) is 46.2 Å². The van der Waals surface area contributed by atoms with E-state index in [1.54, 1.807) is 13.1 Å². The Bertz CT molecular complexity index is 705. The third-order valence-corrected chi connectivity index (χ3v) is 4.95. The van der Waals surface area contributed by atoms with Gasteiger partial charge in [0.25, 0.3) is 0 Å². The van der Waals surface area contributed by atoms with Gasteiger partial charge in [0.1, 0.15) is 5.57 Å². The van der Waals surface area contributed by atoms with Crippen LogP contribution in [-0.4, -0.2) is 29.3 Å². The van der Waals surface area contributed by atoms with Crippen LogP contribution in [0.3, 0.4) is 0 Å².